The van der Waals surface area contributed by atoms with E-state index in [0.717, 1.165) is 22.5 Å². The van der Waals surface area contributed by atoms with Gasteiger partial charge in [0.05, 0.1) is 25.5 Å². The van der Waals surface area contributed by atoms with E-state index >= 15 is 0 Å². The molecule has 28 heavy (non-hydrogen) atoms. The number of aromatic nitrogens is 1. The number of anilines is 1. The van der Waals surface area contributed by atoms with Crippen LogP contribution in [0.25, 0.3) is 22.9 Å². The summed E-state index contributed by atoms with van der Waals surface area (Å²) >= 11 is 1.45. The number of rotatable bonds is 6. The average molecular weight is 391 g/mol. The molecule has 2 aromatic carbocycles. The fraction of sp³-hybridized carbons (Fsp3) is 0.182. The summed E-state index contributed by atoms with van der Waals surface area (Å²) in [6.07, 6.45) is 1.86. The van der Waals surface area contributed by atoms with Crippen LogP contribution in [0, 0.1) is 11.3 Å². The van der Waals surface area contributed by atoms with Gasteiger partial charge in [-0.2, -0.15) is 5.26 Å². The molecule has 6 heteroatoms. The van der Waals surface area contributed by atoms with Crippen LogP contribution in [0.15, 0.2) is 47.8 Å². The van der Waals surface area contributed by atoms with Gasteiger partial charge in [-0.05, 0) is 42.0 Å². The number of ether oxygens (including phenoxy) is 2. The van der Waals surface area contributed by atoms with Gasteiger partial charge in [0.25, 0.3) is 0 Å². The first-order chi connectivity index (χ1) is 13.5. The van der Waals surface area contributed by atoms with Crippen molar-refractivity contribution < 1.29 is 9.47 Å². The van der Waals surface area contributed by atoms with E-state index in [2.05, 4.69) is 11.1 Å². The van der Waals surface area contributed by atoms with E-state index in [1.807, 2.05) is 72.9 Å². The summed E-state index contributed by atoms with van der Waals surface area (Å²) < 4.78 is 10.6. The largest absolute Gasteiger partial charge is 0.493 e. The van der Waals surface area contributed by atoms with Crippen LogP contribution in [0.1, 0.15) is 10.6 Å². The van der Waals surface area contributed by atoms with Crippen molar-refractivity contribution in [2.24, 2.45) is 0 Å². The third kappa shape index (κ3) is 4.16. The number of hydrogen-bond donors (Lipinski definition) is 0. The normalized spacial score (nSPS) is 11.0. The highest BCUT2D eigenvalue weighted by atomic mass is 32.1. The molecule has 0 aliphatic heterocycles. The van der Waals surface area contributed by atoms with Gasteiger partial charge in [-0.3, -0.25) is 0 Å². The van der Waals surface area contributed by atoms with Gasteiger partial charge in [0.15, 0.2) is 11.5 Å². The maximum absolute atomic E-state index is 9.62. The highest BCUT2D eigenvalue weighted by molar-refractivity contribution is 7.11. The van der Waals surface area contributed by atoms with Crippen LogP contribution < -0.4 is 14.4 Å². The standard InChI is InChI=1S/C22H21N3O2S/c1-25(2)18-8-5-15(6-9-18)11-17(13-23)22-24-19(14-28-22)16-7-10-20(26-3)21(12-16)27-4/h5-12,14H,1-4H3/b17-11+. The van der Waals surface area contributed by atoms with Crippen LogP contribution in [0.2, 0.25) is 0 Å². The SMILES string of the molecule is COc1ccc(-c2csc(/C(C#N)=C/c3ccc(N(C)C)cc3)n2)cc1OC. The van der Waals surface area contributed by atoms with Gasteiger partial charge < -0.3 is 14.4 Å². The van der Waals surface area contributed by atoms with Crippen molar-refractivity contribution in [3.8, 4) is 28.8 Å². The molecule has 0 saturated carbocycles. The number of benzene rings is 2. The van der Waals surface area contributed by atoms with E-state index in [1.54, 1.807) is 14.2 Å². The number of allylic oxidation sites excluding steroid dienone is 1. The second-order valence-corrected chi connectivity index (χ2v) is 7.12. The van der Waals surface area contributed by atoms with E-state index in [9.17, 15) is 5.26 Å². The van der Waals surface area contributed by atoms with Gasteiger partial charge in [-0.15, -0.1) is 11.3 Å². The lowest BCUT2D eigenvalue weighted by Gasteiger charge is -2.11. The summed E-state index contributed by atoms with van der Waals surface area (Å²) in [5, 5.41) is 12.2. The Morgan fingerprint density at radius 1 is 1.07 bits per heavy atom. The number of nitrogens with zero attached hydrogens (tertiary/aromatic N) is 3. The van der Waals surface area contributed by atoms with Gasteiger partial charge >= 0.3 is 0 Å². The molecule has 0 bridgehead atoms. The molecule has 0 aliphatic carbocycles. The molecular weight excluding hydrogens is 370 g/mol. The number of nitriles is 1. The third-order valence-corrected chi connectivity index (χ3v) is 5.13. The predicted molar refractivity (Wildman–Crippen MR) is 115 cm³/mol. The van der Waals surface area contributed by atoms with Crippen LogP contribution in [0.5, 0.6) is 11.5 Å². The van der Waals surface area contributed by atoms with Crippen molar-refractivity contribution in [3.63, 3.8) is 0 Å². The zero-order valence-electron chi connectivity index (χ0n) is 16.3. The lowest BCUT2D eigenvalue weighted by atomic mass is 10.1. The topological polar surface area (TPSA) is 58.4 Å². The first kappa shape index (κ1) is 19.5. The van der Waals surface area contributed by atoms with Crippen LogP contribution >= 0.6 is 11.3 Å². The van der Waals surface area contributed by atoms with Crippen LogP contribution in [0.4, 0.5) is 5.69 Å². The Labute approximate surface area is 169 Å². The Bertz CT molecular complexity index is 1030. The van der Waals surface area contributed by atoms with Crippen molar-refractivity contribution >= 4 is 28.7 Å². The second kappa shape index (κ2) is 8.59. The molecule has 0 saturated heterocycles. The summed E-state index contributed by atoms with van der Waals surface area (Å²) in [4.78, 5) is 6.68. The number of hydrogen-bond acceptors (Lipinski definition) is 6. The molecule has 3 aromatic rings. The second-order valence-electron chi connectivity index (χ2n) is 6.26. The van der Waals surface area contributed by atoms with Gasteiger partial charge in [0, 0.05) is 30.7 Å². The molecule has 3 rings (SSSR count). The van der Waals surface area contributed by atoms with Crippen LogP contribution in [0.3, 0.4) is 0 Å². The molecule has 0 amide bonds. The van der Waals surface area contributed by atoms with E-state index in [4.69, 9.17) is 9.47 Å². The fourth-order valence-corrected chi connectivity index (χ4v) is 3.50. The summed E-state index contributed by atoms with van der Waals surface area (Å²) in [6, 6.07) is 16.0. The Kier molecular flexibility index (Phi) is 5.97. The summed E-state index contributed by atoms with van der Waals surface area (Å²) in [5.74, 6) is 1.31. The van der Waals surface area contributed by atoms with Gasteiger partial charge in [-0.25, -0.2) is 4.98 Å². The lowest BCUT2D eigenvalue weighted by Crippen LogP contribution is -2.07. The average Bonchev–Trinajstić information content (AvgIpc) is 3.21. The first-order valence-corrected chi connectivity index (χ1v) is 9.51. The van der Waals surface area contributed by atoms with Crippen LogP contribution in [-0.4, -0.2) is 33.3 Å². The molecule has 0 atom stereocenters. The molecule has 0 unspecified atom stereocenters. The molecule has 5 nitrogen and oxygen atoms in total. The highest BCUT2D eigenvalue weighted by Crippen LogP contribution is 2.34. The molecule has 0 fully saturated rings. The molecule has 1 heterocycles. The monoisotopic (exact) mass is 391 g/mol. The predicted octanol–water partition coefficient (Wildman–Crippen LogP) is 4.96. The molecule has 0 spiro atoms. The molecule has 1 aromatic heterocycles. The Hall–Kier alpha value is -3.30. The summed E-state index contributed by atoms with van der Waals surface area (Å²) in [6.45, 7) is 0. The maximum Gasteiger partial charge on any atom is 0.161 e. The smallest absolute Gasteiger partial charge is 0.161 e. The molecule has 142 valence electrons. The van der Waals surface area contributed by atoms with Crippen LogP contribution in [-0.2, 0) is 0 Å². The number of methoxy groups -OCH3 is 2. The Morgan fingerprint density at radius 2 is 1.79 bits per heavy atom. The molecule has 0 aliphatic rings. The highest BCUT2D eigenvalue weighted by Gasteiger charge is 2.12. The Morgan fingerprint density at radius 3 is 2.39 bits per heavy atom. The van der Waals surface area contributed by atoms with Crippen molar-refractivity contribution in [1.29, 1.82) is 5.26 Å². The van der Waals surface area contributed by atoms with Gasteiger partial charge in [0.2, 0.25) is 0 Å². The minimum absolute atomic E-state index is 0.536. The first-order valence-electron chi connectivity index (χ1n) is 8.63. The zero-order valence-corrected chi connectivity index (χ0v) is 17.1. The van der Waals surface area contributed by atoms with Crippen molar-refractivity contribution in [1.82, 2.24) is 4.98 Å². The maximum atomic E-state index is 9.62. The molecular formula is C22H21N3O2S. The van der Waals surface area contributed by atoms with E-state index in [1.165, 1.54) is 11.3 Å². The molecule has 0 radical (unpaired) electrons. The fourth-order valence-electron chi connectivity index (χ4n) is 2.70. The summed E-state index contributed by atoms with van der Waals surface area (Å²) in [5.41, 5.74) is 4.32. The lowest BCUT2D eigenvalue weighted by molar-refractivity contribution is 0.355. The minimum Gasteiger partial charge on any atom is -0.493 e. The van der Waals surface area contributed by atoms with E-state index < -0.39 is 0 Å². The number of thiazole rings is 1. The van der Waals surface area contributed by atoms with E-state index in [-0.39, 0.29) is 0 Å². The van der Waals surface area contributed by atoms with Gasteiger partial charge in [-0.1, -0.05) is 12.1 Å². The Balaban J connectivity index is 1.90. The zero-order chi connectivity index (χ0) is 20.1. The van der Waals surface area contributed by atoms with Crippen molar-refractivity contribution in [2.75, 3.05) is 33.2 Å². The van der Waals surface area contributed by atoms with Gasteiger partial charge in [0.1, 0.15) is 11.1 Å². The van der Waals surface area contributed by atoms with Crippen molar-refractivity contribution in [3.05, 3.63) is 58.4 Å². The third-order valence-electron chi connectivity index (χ3n) is 4.25. The van der Waals surface area contributed by atoms with Crippen molar-refractivity contribution in [2.45, 2.75) is 0 Å². The molecule has 0 N–H and O–H groups in total. The van der Waals surface area contributed by atoms with E-state index in [0.29, 0.717) is 22.1 Å². The summed E-state index contributed by atoms with van der Waals surface area (Å²) in [7, 11) is 7.20. The minimum atomic E-state index is 0.536. The quantitative estimate of drug-likeness (QED) is 0.556.